The molecule has 0 aliphatic carbocycles. The summed E-state index contributed by atoms with van der Waals surface area (Å²) in [6.45, 7) is 2.69. The summed E-state index contributed by atoms with van der Waals surface area (Å²) in [7, 11) is 1.19. The van der Waals surface area contributed by atoms with Gasteiger partial charge in [-0.2, -0.15) is 0 Å². The molecule has 6 N–H and O–H groups in total. The van der Waals surface area contributed by atoms with Crippen LogP contribution < -0.4 is 16.9 Å². The van der Waals surface area contributed by atoms with E-state index in [1.54, 1.807) is 6.92 Å². The summed E-state index contributed by atoms with van der Waals surface area (Å²) < 4.78 is 9.05. The largest absolute Gasteiger partial charge is 0.467 e. The number of ether oxygens (including phenoxy) is 2. The van der Waals surface area contributed by atoms with Crippen LogP contribution in [0, 0.1) is 5.41 Å². The second kappa shape index (κ2) is 10.2. The summed E-state index contributed by atoms with van der Waals surface area (Å²) >= 11 is 0. The van der Waals surface area contributed by atoms with Gasteiger partial charge in [-0.25, -0.2) is 19.9 Å². The van der Waals surface area contributed by atoms with E-state index in [0.29, 0.717) is 5.17 Å². The molecule has 0 aliphatic rings. The van der Waals surface area contributed by atoms with E-state index in [1.807, 2.05) is 0 Å². The third-order valence-corrected chi connectivity index (χ3v) is 1.89. The van der Waals surface area contributed by atoms with Gasteiger partial charge in [0, 0.05) is 0 Å². The van der Waals surface area contributed by atoms with Gasteiger partial charge >= 0.3 is 11.9 Å². The molecule has 22 heavy (non-hydrogen) atoms. The van der Waals surface area contributed by atoms with Crippen molar-refractivity contribution in [3.05, 3.63) is 0 Å². The Morgan fingerprint density at radius 2 is 2.05 bits per heavy atom. The van der Waals surface area contributed by atoms with Crippen LogP contribution in [-0.2, 0) is 28.7 Å². The van der Waals surface area contributed by atoms with Crippen molar-refractivity contribution in [1.82, 2.24) is 10.7 Å². The molecule has 0 amide bonds. The molecule has 0 radical (unpaired) electrons. The lowest BCUT2D eigenvalue weighted by atomic mass is 10.4. The second-order valence-corrected chi connectivity index (χ2v) is 3.61. The zero-order chi connectivity index (χ0) is 17.1. The Bertz CT molecular complexity index is 428. The van der Waals surface area contributed by atoms with Crippen molar-refractivity contribution in [1.29, 1.82) is 5.41 Å². The molecule has 0 aliphatic heterocycles. The topological polar surface area (TPSA) is 175 Å². The molecule has 0 aromatic rings. The summed E-state index contributed by atoms with van der Waals surface area (Å²) in [6.07, 6.45) is -0.954. The van der Waals surface area contributed by atoms with Crippen molar-refractivity contribution in [2.24, 2.45) is 16.6 Å². The van der Waals surface area contributed by atoms with Gasteiger partial charge in [0.25, 0.3) is 0 Å². The lowest BCUT2D eigenvalue weighted by Crippen LogP contribution is -2.42. The highest BCUT2D eigenvalue weighted by molar-refractivity contribution is 5.80. The van der Waals surface area contributed by atoms with Crippen molar-refractivity contribution >= 4 is 23.9 Å². The first kappa shape index (κ1) is 19.4. The average molecular weight is 320 g/mol. The molecule has 0 fully saturated rings. The predicted octanol–water partition coefficient (Wildman–Crippen LogP) is -2.01. The third kappa shape index (κ3) is 7.86. The maximum atomic E-state index is 11.1. The van der Waals surface area contributed by atoms with Crippen LogP contribution in [0.1, 0.15) is 13.8 Å². The highest BCUT2D eigenvalue weighted by atomic mass is 16.7. The van der Waals surface area contributed by atoms with E-state index >= 15 is 0 Å². The number of carbonyl (C=O) groups excluding carboxylic acids is 2. The van der Waals surface area contributed by atoms with E-state index < -0.39 is 30.6 Å². The predicted molar refractivity (Wildman–Crippen MR) is 73.7 cm³/mol. The van der Waals surface area contributed by atoms with Crippen LogP contribution in [0.2, 0.25) is 0 Å². The van der Waals surface area contributed by atoms with E-state index in [1.165, 1.54) is 14.0 Å². The Kier molecular flexibility index (Phi) is 8.97. The van der Waals surface area contributed by atoms with E-state index in [9.17, 15) is 9.59 Å². The Morgan fingerprint density at radius 1 is 1.41 bits per heavy atom. The van der Waals surface area contributed by atoms with Gasteiger partial charge in [0.05, 0.1) is 13.7 Å². The van der Waals surface area contributed by atoms with Crippen molar-refractivity contribution in [2.75, 3.05) is 20.3 Å². The standard InChI is InChI=1S/C10H20N6O6/c1-4-20-7(17)5-21-16(9(11)12)14-10(13)15-22-6(2)8(18)19-3/h6H,4-5H2,1-3H3,(H3,11,12)(H3,13,14,15). The van der Waals surface area contributed by atoms with Gasteiger partial charge in [-0.1, -0.05) is 5.17 Å². The van der Waals surface area contributed by atoms with Crippen molar-refractivity contribution in [3.63, 3.8) is 0 Å². The van der Waals surface area contributed by atoms with Crippen LogP contribution in [0.5, 0.6) is 0 Å². The van der Waals surface area contributed by atoms with Crippen LogP contribution in [0.4, 0.5) is 0 Å². The normalized spacial score (nSPS) is 12.2. The minimum absolute atomic E-state index is 0.175. The SMILES string of the molecule is CCOC(=O)CON(N=C(N)NOC(C)C(=O)OC)C(=N)N. The summed E-state index contributed by atoms with van der Waals surface area (Å²) in [5.41, 5.74) is 12.8. The Morgan fingerprint density at radius 3 is 2.55 bits per heavy atom. The summed E-state index contributed by atoms with van der Waals surface area (Å²) in [4.78, 5) is 31.9. The summed E-state index contributed by atoms with van der Waals surface area (Å²) in [5.74, 6) is -2.33. The van der Waals surface area contributed by atoms with Gasteiger partial charge in [-0.15, -0.1) is 5.10 Å². The van der Waals surface area contributed by atoms with Crippen LogP contribution in [0.25, 0.3) is 0 Å². The second-order valence-electron chi connectivity index (χ2n) is 3.61. The molecule has 1 atom stereocenters. The first-order valence-corrected chi connectivity index (χ1v) is 6.08. The van der Waals surface area contributed by atoms with Crippen molar-refractivity contribution in [3.8, 4) is 0 Å². The van der Waals surface area contributed by atoms with Gasteiger partial charge in [-0.3, -0.25) is 10.2 Å². The Balaban J connectivity index is 4.48. The number of hydrogen-bond donors (Lipinski definition) is 4. The monoisotopic (exact) mass is 320 g/mol. The third-order valence-electron chi connectivity index (χ3n) is 1.89. The average Bonchev–Trinajstić information content (AvgIpc) is 2.47. The maximum Gasteiger partial charge on any atom is 0.337 e. The smallest absolute Gasteiger partial charge is 0.337 e. The number of methoxy groups -OCH3 is 1. The molecule has 0 bridgehead atoms. The van der Waals surface area contributed by atoms with Crippen LogP contribution in [-0.4, -0.2) is 55.5 Å². The lowest BCUT2D eigenvalue weighted by Gasteiger charge is -2.17. The highest BCUT2D eigenvalue weighted by Gasteiger charge is 2.15. The minimum atomic E-state index is -0.954. The van der Waals surface area contributed by atoms with Crippen molar-refractivity contribution < 1.29 is 28.7 Å². The van der Waals surface area contributed by atoms with Gasteiger partial charge in [0.15, 0.2) is 12.7 Å². The fraction of sp³-hybridized carbons (Fsp3) is 0.600. The van der Waals surface area contributed by atoms with E-state index in [-0.39, 0.29) is 12.6 Å². The first-order chi connectivity index (χ1) is 10.3. The fourth-order valence-corrected chi connectivity index (χ4v) is 0.950. The Hall–Kier alpha value is -2.60. The van der Waals surface area contributed by atoms with Crippen LogP contribution in [0.15, 0.2) is 5.10 Å². The molecule has 0 heterocycles. The maximum absolute atomic E-state index is 11.1. The molecule has 0 aromatic heterocycles. The molecule has 126 valence electrons. The molecule has 0 spiro atoms. The molecule has 0 aromatic carbocycles. The zero-order valence-electron chi connectivity index (χ0n) is 12.5. The Labute approximate surface area is 126 Å². The first-order valence-electron chi connectivity index (χ1n) is 6.08. The van der Waals surface area contributed by atoms with Crippen LogP contribution >= 0.6 is 0 Å². The van der Waals surface area contributed by atoms with Gasteiger partial charge in [0.2, 0.25) is 11.9 Å². The molecular formula is C10H20N6O6. The molecule has 1 unspecified atom stereocenters. The van der Waals surface area contributed by atoms with Gasteiger partial charge in [-0.05, 0) is 13.8 Å². The summed E-state index contributed by atoms with van der Waals surface area (Å²) in [5, 5.41) is 11.2. The molecular weight excluding hydrogens is 300 g/mol. The number of hydroxylamine groups is 2. The number of nitrogens with one attached hydrogen (secondary N) is 2. The highest BCUT2D eigenvalue weighted by Crippen LogP contribution is 1.93. The van der Waals surface area contributed by atoms with E-state index in [4.69, 9.17) is 26.6 Å². The minimum Gasteiger partial charge on any atom is -0.467 e. The fourth-order valence-electron chi connectivity index (χ4n) is 0.950. The molecule has 12 nitrogen and oxygen atoms in total. The summed E-state index contributed by atoms with van der Waals surface area (Å²) in [6, 6.07) is 0. The zero-order valence-corrected chi connectivity index (χ0v) is 12.5. The van der Waals surface area contributed by atoms with Crippen LogP contribution in [0.3, 0.4) is 0 Å². The van der Waals surface area contributed by atoms with E-state index in [0.717, 1.165) is 0 Å². The number of guanidine groups is 2. The number of carbonyl (C=O) groups is 2. The number of rotatable bonds is 8. The lowest BCUT2D eigenvalue weighted by molar-refractivity contribution is -0.166. The number of esters is 2. The van der Waals surface area contributed by atoms with Gasteiger partial charge < -0.3 is 20.9 Å². The van der Waals surface area contributed by atoms with Crippen molar-refractivity contribution in [2.45, 2.75) is 20.0 Å². The van der Waals surface area contributed by atoms with Gasteiger partial charge in [0.1, 0.15) is 0 Å². The molecule has 0 saturated carbocycles. The molecule has 12 heteroatoms. The quantitative estimate of drug-likeness (QED) is 0.169. The number of hydrazone groups is 1. The number of hydrogen-bond acceptors (Lipinski definition) is 8. The molecule has 0 saturated heterocycles. The molecule has 0 rings (SSSR count). The number of nitrogens with zero attached hydrogens (tertiary/aromatic N) is 2. The number of nitrogens with two attached hydrogens (primary N) is 2. The van der Waals surface area contributed by atoms with E-state index in [2.05, 4.69) is 20.1 Å².